The molecule has 2 rings (SSSR count). The van der Waals surface area contributed by atoms with Gasteiger partial charge in [0.2, 0.25) is 0 Å². The van der Waals surface area contributed by atoms with Crippen molar-refractivity contribution in [3.05, 3.63) is 54.6 Å². The molecule has 0 aliphatic carbocycles. The molecule has 7 heteroatoms. The van der Waals surface area contributed by atoms with Gasteiger partial charge in [-0.3, -0.25) is 0 Å². The van der Waals surface area contributed by atoms with Crippen molar-refractivity contribution >= 4 is 6.98 Å². The molecule has 20 heavy (non-hydrogen) atoms. The summed E-state index contributed by atoms with van der Waals surface area (Å²) >= 11 is 0. The van der Waals surface area contributed by atoms with Crippen molar-refractivity contribution in [1.29, 1.82) is 0 Å². The molecule has 2 aromatic carbocycles. The maximum absolute atomic E-state index is 12.0. The molecule has 0 atom stereocenters. The molecule has 0 aromatic heterocycles. The first-order valence-corrected chi connectivity index (χ1v) is 5.70. The normalized spacial score (nSPS) is 10.6. The summed E-state index contributed by atoms with van der Waals surface area (Å²) < 4.78 is 46.2. The summed E-state index contributed by atoms with van der Waals surface area (Å²) in [6.45, 7) is -6.17. The van der Waals surface area contributed by atoms with E-state index in [0.717, 1.165) is 0 Å². The van der Waals surface area contributed by atoms with Crippen LogP contribution in [0.4, 0.5) is 12.9 Å². The van der Waals surface area contributed by atoms with Crippen LogP contribution in [0.1, 0.15) is 0 Å². The van der Waals surface area contributed by atoms with Gasteiger partial charge in [0.05, 0.1) is 6.51 Å². The van der Waals surface area contributed by atoms with Gasteiger partial charge in [0.25, 0.3) is 0 Å². The van der Waals surface area contributed by atoms with Crippen LogP contribution in [-0.2, 0) is 0 Å². The second-order valence-corrected chi connectivity index (χ2v) is 3.91. The van der Waals surface area contributed by atoms with Gasteiger partial charge in [-0.15, -0.1) is 0 Å². The van der Waals surface area contributed by atoms with Gasteiger partial charge in [0.1, 0.15) is 17.2 Å². The second kappa shape index (κ2) is 8.09. The molecule has 0 N–H and O–H groups in total. The Hall–Kier alpha value is -0.469. The summed E-state index contributed by atoms with van der Waals surface area (Å²) in [5.41, 5.74) is 0. The van der Waals surface area contributed by atoms with Crippen LogP contribution < -0.4 is 60.9 Å². The van der Waals surface area contributed by atoms with Crippen LogP contribution in [0.3, 0.4) is 0 Å². The molecule has 0 bridgehead atoms. The molecule has 0 radical (unpaired) electrons. The van der Waals surface area contributed by atoms with Crippen molar-refractivity contribution in [2.45, 2.75) is 0 Å². The number of halogens is 3. The summed E-state index contributed by atoms with van der Waals surface area (Å²) in [6.07, 6.45) is 0. The Morgan fingerprint density at radius 1 is 0.750 bits per heavy atom. The van der Waals surface area contributed by atoms with E-state index in [2.05, 4.69) is 4.74 Å². The fraction of sp³-hybridized carbons (Fsp3) is 0.0769. The van der Waals surface area contributed by atoms with Crippen LogP contribution in [0.5, 0.6) is 17.2 Å². The van der Waals surface area contributed by atoms with Crippen LogP contribution in [0.25, 0.3) is 0 Å². The minimum atomic E-state index is -4.93. The molecule has 100 valence electrons. The van der Waals surface area contributed by atoms with E-state index in [-0.39, 0.29) is 57.1 Å². The molecule has 0 heterocycles. The predicted molar refractivity (Wildman–Crippen MR) is 67.5 cm³/mol. The molecule has 0 fully saturated rings. The topological polar surface area (TPSA) is 18.5 Å². The first kappa shape index (κ1) is 17.6. The number of benzene rings is 2. The van der Waals surface area contributed by atoms with Gasteiger partial charge in [-0.05, 0) is 36.4 Å². The molecule has 0 aliphatic heterocycles. The molecule has 0 saturated carbocycles. The predicted octanol–water partition coefficient (Wildman–Crippen LogP) is 1.25. The van der Waals surface area contributed by atoms with E-state index in [4.69, 9.17) is 4.74 Å². The zero-order chi connectivity index (χ0) is 13.7. The number of para-hydroxylation sites is 1. The molecule has 0 spiro atoms. The summed E-state index contributed by atoms with van der Waals surface area (Å²) in [6, 6.07) is 15.1. The van der Waals surface area contributed by atoms with E-state index >= 15 is 0 Å². The molecule has 0 aliphatic rings. The van der Waals surface area contributed by atoms with E-state index in [0.29, 0.717) is 11.5 Å². The SMILES string of the molecule is F[B-](F)(F)COc1ccc(Oc2ccccc2)cc1.[K+]. The molecule has 2 nitrogen and oxygen atoms in total. The molecule has 0 amide bonds. The van der Waals surface area contributed by atoms with Crippen LogP contribution in [0, 0.1) is 0 Å². The van der Waals surface area contributed by atoms with Gasteiger partial charge in [-0.1, -0.05) is 18.2 Å². The first-order chi connectivity index (χ1) is 9.03. The van der Waals surface area contributed by atoms with Crippen LogP contribution in [-0.4, -0.2) is 13.5 Å². The Kier molecular flexibility index (Phi) is 7.11. The van der Waals surface area contributed by atoms with Gasteiger partial charge in [-0.2, -0.15) is 0 Å². The Bertz CT molecular complexity index is 517. The summed E-state index contributed by atoms with van der Waals surface area (Å²) in [5, 5.41) is 0. The van der Waals surface area contributed by atoms with E-state index in [1.165, 1.54) is 12.1 Å². The van der Waals surface area contributed by atoms with Crippen molar-refractivity contribution < 1.29 is 73.8 Å². The zero-order valence-corrected chi connectivity index (χ0v) is 14.1. The Morgan fingerprint density at radius 3 is 1.80 bits per heavy atom. The molecule has 2 aromatic rings. The van der Waals surface area contributed by atoms with E-state index in [1.807, 2.05) is 18.2 Å². The van der Waals surface area contributed by atoms with E-state index in [9.17, 15) is 12.9 Å². The number of rotatable bonds is 5. The molecular weight excluding hydrogens is 295 g/mol. The van der Waals surface area contributed by atoms with Gasteiger partial charge in [0, 0.05) is 0 Å². The Labute approximate surface area is 157 Å². The molecule has 0 unspecified atom stereocenters. The fourth-order valence-electron chi connectivity index (χ4n) is 1.42. The minimum Gasteiger partial charge on any atom is -0.522 e. The molecule has 0 saturated heterocycles. The van der Waals surface area contributed by atoms with Gasteiger partial charge >= 0.3 is 58.4 Å². The average molecular weight is 306 g/mol. The average Bonchev–Trinajstić information content (AvgIpc) is 2.38. The third-order valence-corrected chi connectivity index (χ3v) is 2.24. The zero-order valence-electron chi connectivity index (χ0n) is 10.9. The Morgan fingerprint density at radius 2 is 1.25 bits per heavy atom. The van der Waals surface area contributed by atoms with E-state index < -0.39 is 13.5 Å². The fourth-order valence-corrected chi connectivity index (χ4v) is 1.42. The Balaban J connectivity index is 0.00000200. The maximum Gasteiger partial charge on any atom is 1.00 e. The third kappa shape index (κ3) is 6.32. The largest absolute Gasteiger partial charge is 1.00 e. The summed E-state index contributed by atoms with van der Waals surface area (Å²) in [4.78, 5) is 0. The van der Waals surface area contributed by atoms with Crippen LogP contribution in [0.15, 0.2) is 54.6 Å². The van der Waals surface area contributed by atoms with Crippen molar-refractivity contribution in [3.63, 3.8) is 0 Å². The van der Waals surface area contributed by atoms with Gasteiger partial charge in [0.15, 0.2) is 0 Å². The quantitative estimate of drug-likeness (QED) is 0.774. The van der Waals surface area contributed by atoms with Crippen molar-refractivity contribution in [2.75, 3.05) is 6.51 Å². The molecular formula is C13H11BF3KO2. The minimum absolute atomic E-state index is 0. The van der Waals surface area contributed by atoms with Gasteiger partial charge in [-0.25, -0.2) is 0 Å². The van der Waals surface area contributed by atoms with Crippen LogP contribution >= 0.6 is 0 Å². The second-order valence-electron chi connectivity index (χ2n) is 3.91. The maximum atomic E-state index is 12.0. The third-order valence-electron chi connectivity index (χ3n) is 2.24. The monoisotopic (exact) mass is 306 g/mol. The van der Waals surface area contributed by atoms with Crippen molar-refractivity contribution in [1.82, 2.24) is 0 Å². The first-order valence-electron chi connectivity index (χ1n) is 5.70. The summed E-state index contributed by atoms with van der Waals surface area (Å²) in [5.74, 6) is 1.37. The van der Waals surface area contributed by atoms with Crippen molar-refractivity contribution in [3.8, 4) is 17.2 Å². The van der Waals surface area contributed by atoms with E-state index in [1.54, 1.807) is 24.3 Å². The van der Waals surface area contributed by atoms with Gasteiger partial charge < -0.3 is 22.4 Å². The number of hydrogen-bond donors (Lipinski definition) is 0. The van der Waals surface area contributed by atoms with Crippen molar-refractivity contribution in [2.24, 2.45) is 0 Å². The standard InChI is InChI=1S/C13H11BF3O2.K/c15-14(16,17)10-18-11-6-8-13(9-7-11)19-12-4-2-1-3-5-12;/h1-9H,10H2;/q-1;+1. The van der Waals surface area contributed by atoms with Crippen LogP contribution in [0.2, 0.25) is 0 Å². The number of ether oxygens (including phenoxy) is 2. The number of hydrogen-bond acceptors (Lipinski definition) is 2. The smallest absolute Gasteiger partial charge is 0.522 e. The summed E-state index contributed by atoms with van der Waals surface area (Å²) in [7, 11) is 0.